The maximum atomic E-state index is 11.6. The number of carbonyl (C=O) groups is 2. The van der Waals surface area contributed by atoms with Crippen LogP contribution in [0.3, 0.4) is 0 Å². The van der Waals surface area contributed by atoms with Gasteiger partial charge in [0.15, 0.2) is 5.17 Å². The number of hydrogen-bond donors (Lipinski definition) is 2. The van der Waals surface area contributed by atoms with E-state index in [0.717, 1.165) is 29.5 Å². The van der Waals surface area contributed by atoms with Crippen molar-refractivity contribution in [1.29, 1.82) is 0 Å². The number of carbonyl (C=O) groups excluding carboxylic acids is 1. The van der Waals surface area contributed by atoms with Gasteiger partial charge in [0.1, 0.15) is 16.7 Å². The minimum Gasteiger partial charge on any atom is -0.481 e. The number of amides is 1. The van der Waals surface area contributed by atoms with E-state index < -0.39 is 11.2 Å². The number of nitrogens with one attached hydrogen (secondary N) is 1. The smallest absolute Gasteiger partial charge is 0.305 e. The zero-order valence-corrected chi connectivity index (χ0v) is 16.0. The predicted molar refractivity (Wildman–Crippen MR) is 109 cm³/mol. The van der Waals surface area contributed by atoms with Crippen molar-refractivity contribution in [2.24, 2.45) is 10.2 Å². The number of nitrogens with zero attached hydrogens (tertiary/aromatic N) is 2. The Balaban J connectivity index is 1.56. The van der Waals surface area contributed by atoms with Crippen molar-refractivity contribution in [3.05, 3.63) is 59.7 Å². The summed E-state index contributed by atoms with van der Waals surface area (Å²) >= 11 is 1.06. The van der Waals surface area contributed by atoms with E-state index >= 15 is 0 Å². The van der Waals surface area contributed by atoms with Gasteiger partial charge in [-0.15, -0.1) is 5.10 Å². The van der Waals surface area contributed by atoms with Crippen LogP contribution in [0, 0.1) is 0 Å². The molecular weight excluding hydrogens is 378 g/mol. The third kappa shape index (κ3) is 5.43. The average molecular weight is 397 g/mol. The number of benzene rings is 2. The lowest BCUT2D eigenvalue weighted by Crippen LogP contribution is -2.26. The fourth-order valence-electron chi connectivity index (χ4n) is 2.44. The van der Waals surface area contributed by atoms with E-state index in [4.69, 9.17) is 9.84 Å². The van der Waals surface area contributed by atoms with E-state index in [1.54, 1.807) is 6.21 Å². The van der Waals surface area contributed by atoms with Gasteiger partial charge >= 0.3 is 5.97 Å². The highest BCUT2D eigenvalue weighted by molar-refractivity contribution is 8.15. The Kier molecular flexibility index (Phi) is 6.44. The Morgan fingerprint density at radius 2 is 1.82 bits per heavy atom. The molecule has 1 aliphatic rings. The highest BCUT2D eigenvalue weighted by atomic mass is 32.2. The summed E-state index contributed by atoms with van der Waals surface area (Å²) in [5, 5.41) is 18.8. The summed E-state index contributed by atoms with van der Waals surface area (Å²) in [7, 11) is 0. The van der Waals surface area contributed by atoms with E-state index in [0.29, 0.717) is 10.9 Å². The van der Waals surface area contributed by atoms with Crippen molar-refractivity contribution in [2.45, 2.75) is 25.0 Å². The highest BCUT2D eigenvalue weighted by Crippen LogP contribution is 2.23. The van der Waals surface area contributed by atoms with Gasteiger partial charge in [0.25, 0.3) is 0 Å². The van der Waals surface area contributed by atoms with Crippen LogP contribution in [-0.4, -0.2) is 33.6 Å². The lowest BCUT2D eigenvalue weighted by atomic mass is 10.2. The fourth-order valence-corrected chi connectivity index (χ4v) is 3.36. The zero-order chi connectivity index (χ0) is 19.9. The number of aryl methyl sites for hydroxylation is 1. The molecular formula is C20H19N3O4S. The van der Waals surface area contributed by atoms with Crippen molar-refractivity contribution < 1.29 is 19.4 Å². The predicted octanol–water partition coefficient (Wildman–Crippen LogP) is 3.44. The molecule has 2 aromatic carbocycles. The van der Waals surface area contributed by atoms with Crippen molar-refractivity contribution in [3.8, 4) is 11.5 Å². The number of amidine groups is 1. The summed E-state index contributed by atoms with van der Waals surface area (Å²) < 4.78 is 5.80. The minimum atomic E-state index is -1.03. The summed E-state index contributed by atoms with van der Waals surface area (Å²) in [5.41, 5.74) is 2.07. The van der Waals surface area contributed by atoms with E-state index in [1.165, 1.54) is 5.56 Å². The molecule has 1 fully saturated rings. The average Bonchev–Trinajstić information content (AvgIpc) is 3.02. The summed E-state index contributed by atoms with van der Waals surface area (Å²) in [5.74, 6) is 0.0913. The second-order valence-corrected chi connectivity index (χ2v) is 7.20. The van der Waals surface area contributed by atoms with Crippen LogP contribution in [0.2, 0.25) is 0 Å². The van der Waals surface area contributed by atoms with Crippen molar-refractivity contribution in [1.82, 2.24) is 5.32 Å². The summed E-state index contributed by atoms with van der Waals surface area (Å²) in [6.45, 7) is 2.11. The molecule has 144 valence electrons. The molecule has 0 saturated carbocycles. The van der Waals surface area contributed by atoms with Gasteiger partial charge < -0.3 is 15.2 Å². The molecule has 2 aromatic rings. The van der Waals surface area contributed by atoms with E-state index in [-0.39, 0.29) is 12.3 Å². The van der Waals surface area contributed by atoms with Crippen molar-refractivity contribution in [2.75, 3.05) is 0 Å². The van der Waals surface area contributed by atoms with Crippen LogP contribution >= 0.6 is 11.8 Å². The molecule has 0 radical (unpaired) electrons. The van der Waals surface area contributed by atoms with Gasteiger partial charge in [-0.1, -0.05) is 30.8 Å². The summed E-state index contributed by atoms with van der Waals surface area (Å²) in [6, 6.07) is 15.3. The molecule has 8 heteroatoms. The number of hydrogen-bond acceptors (Lipinski definition) is 6. The second kappa shape index (κ2) is 9.18. The number of carboxylic acid groups (broad SMARTS) is 1. The van der Waals surface area contributed by atoms with Gasteiger partial charge in [-0.2, -0.15) is 5.10 Å². The van der Waals surface area contributed by atoms with Gasteiger partial charge in [-0.25, -0.2) is 0 Å². The third-order valence-electron chi connectivity index (χ3n) is 3.94. The quantitative estimate of drug-likeness (QED) is 0.551. The van der Waals surface area contributed by atoms with E-state index in [2.05, 4.69) is 22.4 Å². The second-order valence-electron chi connectivity index (χ2n) is 6.01. The van der Waals surface area contributed by atoms with Crippen LogP contribution in [0.25, 0.3) is 0 Å². The molecule has 3 rings (SSSR count). The van der Waals surface area contributed by atoms with E-state index in [9.17, 15) is 9.59 Å². The molecule has 0 aromatic heterocycles. The van der Waals surface area contributed by atoms with Gasteiger partial charge in [-0.3, -0.25) is 9.59 Å². The molecule has 0 bridgehead atoms. The molecule has 2 N–H and O–H groups in total. The van der Waals surface area contributed by atoms with Crippen LogP contribution in [0.1, 0.15) is 24.5 Å². The first-order valence-electron chi connectivity index (χ1n) is 8.70. The van der Waals surface area contributed by atoms with Gasteiger partial charge in [-0.05, 0) is 53.9 Å². The summed E-state index contributed by atoms with van der Waals surface area (Å²) in [6.07, 6.45) is 2.28. The number of rotatable bonds is 7. The molecule has 1 unspecified atom stereocenters. The molecule has 1 atom stereocenters. The SMILES string of the molecule is CCc1ccc(Oc2ccc(C=NN=C3NC(=O)C(CC(=O)O)S3)cc2)cc1. The monoisotopic (exact) mass is 397 g/mol. The molecule has 0 aliphatic carbocycles. The Morgan fingerprint density at radius 3 is 2.43 bits per heavy atom. The molecule has 28 heavy (non-hydrogen) atoms. The van der Waals surface area contributed by atoms with Crippen molar-refractivity contribution >= 4 is 35.0 Å². The maximum Gasteiger partial charge on any atom is 0.305 e. The topological polar surface area (TPSA) is 100 Å². The van der Waals surface area contributed by atoms with Crippen LogP contribution in [0.15, 0.2) is 58.7 Å². The first-order chi connectivity index (χ1) is 13.5. The fraction of sp³-hybridized carbons (Fsp3) is 0.200. The number of ether oxygens (including phenoxy) is 1. The van der Waals surface area contributed by atoms with Crippen LogP contribution in [-0.2, 0) is 16.0 Å². The third-order valence-corrected chi connectivity index (χ3v) is 5.01. The Morgan fingerprint density at radius 1 is 1.18 bits per heavy atom. The van der Waals surface area contributed by atoms with Crippen LogP contribution < -0.4 is 10.1 Å². The largest absolute Gasteiger partial charge is 0.481 e. The zero-order valence-electron chi connectivity index (χ0n) is 15.2. The van der Waals surface area contributed by atoms with Crippen LogP contribution in [0.4, 0.5) is 0 Å². The summed E-state index contributed by atoms with van der Waals surface area (Å²) in [4.78, 5) is 22.3. The Labute approximate surface area is 166 Å². The van der Waals surface area contributed by atoms with Crippen molar-refractivity contribution in [3.63, 3.8) is 0 Å². The Hall–Kier alpha value is -3.13. The Bertz CT molecular complexity index is 908. The normalized spacial score (nSPS) is 17.8. The molecule has 1 amide bonds. The van der Waals surface area contributed by atoms with Crippen LogP contribution in [0.5, 0.6) is 11.5 Å². The lowest BCUT2D eigenvalue weighted by molar-refractivity contribution is -0.138. The number of thioether (sulfide) groups is 1. The standard InChI is InChI=1S/C20H19N3O4S/c1-2-13-3-7-15(8-4-13)27-16-9-5-14(6-10-16)12-21-23-20-22-19(26)17(28-20)11-18(24)25/h3-10,12,17H,2,11H2,1H3,(H,24,25)(H,22,23,26). The van der Waals surface area contributed by atoms with Gasteiger partial charge in [0.2, 0.25) is 5.91 Å². The molecule has 7 nitrogen and oxygen atoms in total. The first-order valence-corrected chi connectivity index (χ1v) is 9.58. The van der Waals surface area contributed by atoms with Gasteiger partial charge in [0, 0.05) is 0 Å². The first kappa shape index (κ1) is 19.6. The minimum absolute atomic E-state index is 0.248. The molecule has 1 saturated heterocycles. The van der Waals surface area contributed by atoms with Gasteiger partial charge in [0.05, 0.1) is 12.6 Å². The van der Waals surface area contributed by atoms with E-state index in [1.807, 2.05) is 48.5 Å². The molecule has 1 aliphatic heterocycles. The lowest BCUT2D eigenvalue weighted by Gasteiger charge is -2.06. The number of carboxylic acids is 1. The highest BCUT2D eigenvalue weighted by Gasteiger charge is 2.32. The molecule has 0 spiro atoms. The molecule has 1 heterocycles. The maximum absolute atomic E-state index is 11.6. The number of aliphatic carboxylic acids is 1.